The van der Waals surface area contributed by atoms with E-state index in [0.29, 0.717) is 18.7 Å². The van der Waals surface area contributed by atoms with Crippen molar-refractivity contribution < 1.29 is 18.0 Å². The van der Waals surface area contributed by atoms with Crippen LogP contribution in [0.15, 0.2) is 71.6 Å². The molecule has 0 aliphatic carbocycles. The van der Waals surface area contributed by atoms with E-state index < -0.39 is 27.9 Å². The molecule has 11 heteroatoms. The second-order valence-electron chi connectivity index (χ2n) is 9.45. The van der Waals surface area contributed by atoms with Crippen LogP contribution < -0.4 is 16.2 Å². The van der Waals surface area contributed by atoms with Crippen molar-refractivity contribution in [1.29, 1.82) is 5.41 Å². The SMILES string of the molecule is CN(C(=O)c1ccccc1[C@@H]1CCCN(C(=N)N)C1)C(CNS(=O)(=O)c1ccc2ccccc2c1)C(N)=O. The quantitative estimate of drug-likeness (QED) is 0.253. The van der Waals surface area contributed by atoms with E-state index in [9.17, 15) is 18.0 Å². The Morgan fingerprint density at radius 3 is 2.47 bits per heavy atom. The Morgan fingerprint density at radius 2 is 1.76 bits per heavy atom. The summed E-state index contributed by atoms with van der Waals surface area (Å²) in [6, 6.07) is 18.0. The predicted molar refractivity (Wildman–Crippen MR) is 146 cm³/mol. The fourth-order valence-corrected chi connectivity index (χ4v) is 5.94. The summed E-state index contributed by atoms with van der Waals surface area (Å²) in [6.45, 7) is 0.813. The number of nitrogens with zero attached hydrogens (tertiary/aromatic N) is 2. The summed E-state index contributed by atoms with van der Waals surface area (Å²) in [7, 11) is -2.54. The first-order valence-corrected chi connectivity index (χ1v) is 13.8. The lowest BCUT2D eigenvalue weighted by atomic mass is 9.87. The molecule has 4 rings (SSSR count). The molecule has 1 aliphatic heterocycles. The number of guanidine groups is 1. The summed E-state index contributed by atoms with van der Waals surface area (Å²) in [5, 5.41) is 9.43. The number of benzene rings is 3. The van der Waals surface area contributed by atoms with Gasteiger partial charge in [0, 0.05) is 38.2 Å². The Morgan fingerprint density at radius 1 is 1.08 bits per heavy atom. The molecule has 3 aromatic rings. The summed E-state index contributed by atoms with van der Waals surface area (Å²) in [6.07, 6.45) is 1.64. The van der Waals surface area contributed by atoms with Gasteiger partial charge in [0.05, 0.1) is 4.90 Å². The average Bonchev–Trinajstić information content (AvgIpc) is 2.92. The molecule has 6 N–H and O–H groups in total. The molecule has 0 aromatic heterocycles. The van der Waals surface area contributed by atoms with Crippen LogP contribution >= 0.6 is 0 Å². The van der Waals surface area contributed by atoms with Gasteiger partial charge in [-0.05, 0) is 47.4 Å². The largest absolute Gasteiger partial charge is 0.370 e. The number of piperidine rings is 1. The van der Waals surface area contributed by atoms with Gasteiger partial charge in [-0.25, -0.2) is 13.1 Å². The van der Waals surface area contributed by atoms with Crippen LogP contribution in [0.4, 0.5) is 0 Å². The number of carbonyl (C=O) groups is 2. The molecule has 0 bridgehead atoms. The van der Waals surface area contributed by atoms with Gasteiger partial charge in [0.15, 0.2) is 5.96 Å². The molecule has 0 radical (unpaired) electrons. The van der Waals surface area contributed by atoms with Gasteiger partial charge in [-0.1, -0.05) is 48.5 Å². The normalized spacial score (nSPS) is 16.7. The van der Waals surface area contributed by atoms with Crippen molar-refractivity contribution in [2.24, 2.45) is 11.5 Å². The third-order valence-electron chi connectivity index (χ3n) is 7.01. The number of fused-ring (bicyclic) bond motifs is 1. The van der Waals surface area contributed by atoms with Crippen LogP contribution in [0.25, 0.3) is 10.8 Å². The topological polar surface area (TPSA) is 163 Å². The summed E-state index contributed by atoms with van der Waals surface area (Å²) in [5.41, 5.74) is 12.5. The Kier molecular flexibility index (Phi) is 7.98. The van der Waals surface area contributed by atoms with Gasteiger partial charge >= 0.3 is 0 Å². The van der Waals surface area contributed by atoms with E-state index in [4.69, 9.17) is 16.9 Å². The summed E-state index contributed by atoms with van der Waals surface area (Å²) in [4.78, 5) is 28.9. The summed E-state index contributed by atoms with van der Waals surface area (Å²) >= 11 is 0. The molecule has 0 saturated carbocycles. The molecule has 1 fully saturated rings. The second kappa shape index (κ2) is 11.2. The Labute approximate surface area is 222 Å². The van der Waals surface area contributed by atoms with Crippen LogP contribution in [0.3, 0.4) is 0 Å². The minimum absolute atomic E-state index is 0.0110. The lowest BCUT2D eigenvalue weighted by molar-refractivity contribution is -0.121. The van der Waals surface area contributed by atoms with E-state index in [1.807, 2.05) is 36.4 Å². The number of nitrogens with one attached hydrogen (secondary N) is 2. The van der Waals surface area contributed by atoms with Gasteiger partial charge in [-0.3, -0.25) is 15.0 Å². The van der Waals surface area contributed by atoms with Gasteiger partial charge < -0.3 is 21.3 Å². The molecule has 10 nitrogen and oxygen atoms in total. The number of nitrogens with two attached hydrogens (primary N) is 2. The Hall–Kier alpha value is -3.96. The molecular weight excluding hydrogens is 504 g/mol. The van der Waals surface area contributed by atoms with Crippen LogP contribution in [0.2, 0.25) is 0 Å². The average molecular weight is 537 g/mol. The van der Waals surface area contributed by atoms with Crippen molar-refractivity contribution in [2.75, 3.05) is 26.7 Å². The maximum absolute atomic E-state index is 13.6. The van der Waals surface area contributed by atoms with Crippen molar-refractivity contribution in [2.45, 2.75) is 29.7 Å². The maximum atomic E-state index is 13.6. The molecule has 38 heavy (non-hydrogen) atoms. The first-order valence-electron chi connectivity index (χ1n) is 12.3. The number of primary amides is 1. The lowest BCUT2D eigenvalue weighted by Gasteiger charge is -2.34. The van der Waals surface area contributed by atoms with Crippen molar-refractivity contribution in [3.63, 3.8) is 0 Å². The monoisotopic (exact) mass is 536 g/mol. The van der Waals surface area contributed by atoms with Gasteiger partial charge in [0.2, 0.25) is 15.9 Å². The number of amides is 2. The van der Waals surface area contributed by atoms with E-state index in [2.05, 4.69) is 4.72 Å². The van der Waals surface area contributed by atoms with E-state index in [1.54, 1.807) is 29.2 Å². The zero-order chi connectivity index (χ0) is 27.4. The molecule has 1 heterocycles. The molecule has 200 valence electrons. The standard InChI is InChI=1S/C27H32N6O4S/c1-32(26(35)23-11-5-4-10-22(23)20-9-6-14-33(17-20)27(29)30)24(25(28)34)16-31-38(36,37)21-13-12-18-7-2-3-8-19(18)15-21/h2-5,7-8,10-13,15,20,24,31H,6,9,14,16-17H2,1H3,(H2,28,34)(H3,29,30)/t20-,24?/m1/s1. The summed E-state index contributed by atoms with van der Waals surface area (Å²) < 4.78 is 28.5. The molecule has 0 spiro atoms. The van der Waals surface area contributed by atoms with Crippen LogP contribution in [-0.4, -0.2) is 68.7 Å². The first kappa shape index (κ1) is 27.1. The van der Waals surface area contributed by atoms with Crippen molar-refractivity contribution in [1.82, 2.24) is 14.5 Å². The molecule has 1 saturated heterocycles. The number of hydrogen-bond acceptors (Lipinski definition) is 5. The molecule has 1 unspecified atom stereocenters. The van der Waals surface area contributed by atoms with Gasteiger partial charge in [-0.15, -0.1) is 0 Å². The molecular formula is C27H32N6O4S. The zero-order valence-corrected chi connectivity index (χ0v) is 21.9. The van der Waals surface area contributed by atoms with E-state index in [1.165, 1.54) is 18.0 Å². The zero-order valence-electron chi connectivity index (χ0n) is 21.1. The van der Waals surface area contributed by atoms with Crippen LogP contribution in [-0.2, 0) is 14.8 Å². The third-order valence-corrected chi connectivity index (χ3v) is 8.43. The van der Waals surface area contributed by atoms with Crippen LogP contribution in [0.1, 0.15) is 34.7 Å². The number of hydrogen-bond donors (Lipinski definition) is 4. The Bertz CT molecular complexity index is 1480. The molecule has 2 atom stereocenters. The predicted octanol–water partition coefficient (Wildman–Crippen LogP) is 1.82. The lowest BCUT2D eigenvalue weighted by Crippen LogP contribution is -2.52. The highest BCUT2D eigenvalue weighted by atomic mass is 32.2. The fraction of sp³-hybridized carbons (Fsp3) is 0.296. The number of sulfonamides is 1. The van der Waals surface area contributed by atoms with Crippen molar-refractivity contribution in [3.8, 4) is 0 Å². The highest BCUT2D eigenvalue weighted by Gasteiger charge is 2.31. The molecule has 1 aliphatic rings. The number of rotatable bonds is 8. The van der Waals surface area contributed by atoms with Gasteiger partial charge in [0.25, 0.3) is 5.91 Å². The second-order valence-corrected chi connectivity index (χ2v) is 11.2. The van der Waals surface area contributed by atoms with E-state index in [-0.39, 0.29) is 23.3 Å². The number of likely N-dealkylation sites (N-methyl/N-ethyl adjacent to an activating group) is 1. The highest BCUT2D eigenvalue weighted by Crippen LogP contribution is 2.30. The van der Waals surface area contributed by atoms with Crippen molar-refractivity contribution in [3.05, 3.63) is 77.9 Å². The highest BCUT2D eigenvalue weighted by molar-refractivity contribution is 7.89. The fourth-order valence-electron chi connectivity index (χ4n) is 4.86. The van der Waals surface area contributed by atoms with Crippen LogP contribution in [0.5, 0.6) is 0 Å². The van der Waals surface area contributed by atoms with E-state index >= 15 is 0 Å². The summed E-state index contributed by atoms with van der Waals surface area (Å²) in [5.74, 6) is -1.32. The Balaban J connectivity index is 1.53. The number of likely N-dealkylation sites (tertiary alicyclic amines) is 1. The molecule has 3 aromatic carbocycles. The first-order chi connectivity index (χ1) is 18.1. The molecule has 2 amide bonds. The smallest absolute Gasteiger partial charge is 0.254 e. The number of carbonyl (C=O) groups excluding carboxylic acids is 2. The minimum Gasteiger partial charge on any atom is -0.370 e. The maximum Gasteiger partial charge on any atom is 0.254 e. The minimum atomic E-state index is -3.98. The van der Waals surface area contributed by atoms with E-state index in [0.717, 1.165) is 29.2 Å². The van der Waals surface area contributed by atoms with Crippen LogP contribution in [0, 0.1) is 5.41 Å². The third kappa shape index (κ3) is 5.79. The van der Waals surface area contributed by atoms with Gasteiger partial charge in [-0.2, -0.15) is 0 Å². The van der Waals surface area contributed by atoms with Crippen molar-refractivity contribution >= 4 is 38.6 Å². The van der Waals surface area contributed by atoms with Gasteiger partial charge in [0.1, 0.15) is 6.04 Å².